The number of rotatable bonds is 6. The van der Waals surface area contributed by atoms with Gasteiger partial charge in [-0.2, -0.15) is 0 Å². The molecule has 0 unspecified atom stereocenters. The third kappa shape index (κ3) is 4.86. The summed E-state index contributed by atoms with van der Waals surface area (Å²) in [5, 5.41) is 13.0. The summed E-state index contributed by atoms with van der Waals surface area (Å²) in [7, 11) is 0. The summed E-state index contributed by atoms with van der Waals surface area (Å²) in [4.78, 5) is 18.4. The van der Waals surface area contributed by atoms with E-state index >= 15 is 0 Å². The van der Waals surface area contributed by atoms with Crippen molar-refractivity contribution >= 4 is 12.2 Å². The van der Waals surface area contributed by atoms with E-state index in [2.05, 4.69) is 10.1 Å². The van der Waals surface area contributed by atoms with Crippen LogP contribution in [0.4, 0.5) is 0 Å². The summed E-state index contributed by atoms with van der Waals surface area (Å²) in [6.07, 6.45) is 3.42. The predicted molar refractivity (Wildman–Crippen MR) is 81.5 cm³/mol. The van der Waals surface area contributed by atoms with E-state index < -0.39 is 5.97 Å². The number of likely N-dealkylation sites (tertiary alicyclic amines) is 1. The molecule has 1 saturated heterocycles. The number of benzene rings is 1. The smallest absolute Gasteiger partial charge is 0.307 e. The van der Waals surface area contributed by atoms with Gasteiger partial charge in [-0.1, -0.05) is 29.4 Å². The maximum absolute atomic E-state index is 11.0. The molecule has 1 aromatic rings. The molecule has 0 aromatic heterocycles. The van der Waals surface area contributed by atoms with Gasteiger partial charge in [-0.05, 0) is 37.4 Å². The normalized spacial score (nSPS) is 19.8. The highest BCUT2D eigenvalue weighted by molar-refractivity contribution is 5.81. The summed E-state index contributed by atoms with van der Waals surface area (Å²) in [6, 6.07) is 7.97. The highest BCUT2D eigenvalue weighted by Crippen LogP contribution is 2.16. The lowest BCUT2D eigenvalue weighted by molar-refractivity contribution is -0.143. The molecule has 0 aliphatic carbocycles. The number of carboxylic acid groups (broad SMARTS) is 1. The quantitative estimate of drug-likeness (QED) is 0.495. The Balaban J connectivity index is 1.70. The van der Waals surface area contributed by atoms with Crippen molar-refractivity contribution in [1.29, 1.82) is 0 Å². The molecule has 21 heavy (non-hydrogen) atoms. The number of oxime groups is 1. The molecule has 0 spiro atoms. The van der Waals surface area contributed by atoms with Crippen LogP contribution in [0.15, 0.2) is 29.4 Å². The monoisotopic (exact) mass is 290 g/mol. The third-order valence-electron chi connectivity index (χ3n) is 3.81. The maximum atomic E-state index is 11.0. The first kappa shape index (κ1) is 15.5. The first-order valence-electron chi connectivity index (χ1n) is 7.33. The van der Waals surface area contributed by atoms with Crippen LogP contribution in [0.3, 0.4) is 0 Å². The first-order valence-corrected chi connectivity index (χ1v) is 7.33. The molecule has 1 aromatic carbocycles. The van der Waals surface area contributed by atoms with Crippen LogP contribution in [-0.2, 0) is 9.63 Å². The van der Waals surface area contributed by atoms with Gasteiger partial charge in [0.2, 0.25) is 0 Å². The van der Waals surface area contributed by atoms with Crippen LogP contribution in [0.2, 0.25) is 0 Å². The minimum absolute atomic E-state index is 0.241. The molecule has 1 fully saturated rings. The van der Waals surface area contributed by atoms with E-state index in [-0.39, 0.29) is 5.92 Å². The molecule has 114 valence electrons. The van der Waals surface area contributed by atoms with Gasteiger partial charge in [0, 0.05) is 13.1 Å². The van der Waals surface area contributed by atoms with Crippen molar-refractivity contribution < 1.29 is 14.7 Å². The molecule has 5 nitrogen and oxygen atoms in total. The van der Waals surface area contributed by atoms with E-state index in [1.807, 2.05) is 31.2 Å². The van der Waals surface area contributed by atoms with E-state index in [1.54, 1.807) is 6.21 Å². The Labute approximate surface area is 125 Å². The molecule has 0 saturated carbocycles. The zero-order chi connectivity index (χ0) is 15.1. The molecule has 1 aliphatic rings. The Morgan fingerprint density at radius 3 is 3.10 bits per heavy atom. The van der Waals surface area contributed by atoms with Gasteiger partial charge in [0.15, 0.2) is 0 Å². The predicted octanol–water partition coefficient (Wildman–Crippen LogP) is 2.14. The number of hydrogen-bond donors (Lipinski definition) is 1. The number of hydrogen-bond acceptors (Lipinski definition) is 4. The second-order valence-corrected chi connectivity index (χ2v) is 5.40. The summed E-state index contributed by atoms with van der Waals surface area (Å²) in [5.74, 6) is -0.938. The minimum Gasteiger partial charge on any atom is -0.481 e. The fourth-order valence-corrected chi connectivity index (χ4v) is 2.51. The van der Waals surface area contributed by atoms with Gasteiger partial charge >= 0.3 is 5.97 Å². The van der Waals surface area contributed by atoms with Crippen molar-refractivity contribution in [3.8, 4) is 0 Å². The van der Waals surface area contributed by atoms with Gasteiger partial charge in [-0.15, -0.1) is 0 Å². The number of carboxylic acids is 1. The Bertz CT molecular complexity index is 502. The average Bonchev–Trinajstić information content (AvgIpc) is 2.49. The number of piperidine rings is 1. The number of aliphatic carboxylic acids is 1. The number of aryl methyl sites for hydroxylation is 1. The lowest BCUT2D eigenvalue weighted by Gasteiger charge is -2.29. The summed E-state index contributed by atoms with van der Waals surface area (Å²) in [5.41, 5.74) is 2.20. The van der Waals surface area contributed by atoms with Crippen LogP contribution in [-0.4, -0.2) is 48.4 Å². The van der Waals surface area contributed by atoms with Crippen LogP contribution in [0.25, 0.3) is 0 Å². The topological polar surface area (TPSA) is 62.1 Å². The molecule has 0 amide bonds. The molecular weight excluding hydrogens is 268 g/mol. The van der Waals surface area contributed by atoms with Crippen LogP contribution in [0.1, 0.15) is 24.0 Å². The van der Waals surface area contributed by atoms with Crippen molar-refractivity contribution in [2.45, 2.75) is 19.8 Å². The van der Waals surface area contributed by atoms with Crippen LogP contribution in [0, 0.1) is 12.8 Å². The number of carbonyl (C=O) groups is 1. The van der Waals surface area contributed by atoms with Gasteiger partial charge in [-0.25, -0.2) is 0 Å². The largest absolute Gasteiger partial charge is 0.481 e. The average molecular weight is 290 g/mol. The van der Waals surface area contributed by atoms with Crippen LogP contribution in [0.5, 0.6) is 0 Å². The van der Waals surface area contributed by atoms with E-state index in [0.717, 1.165) is 37.1 Å². The summed E-state index contributed by atoms with van der Waals surface area (Å²) < 4.78 is 0. The Hall–Kier alpha value is -1.88. The van der Waals surface area contributed by atoms with Crippen LogP contribution >= 0.6 is 0 Å². The summed E-state index contributed by atoms with van der Waals surface area (Å²) >= 11 is 0. The number of nitrogens with zero attached hydrogens (tertiary/aromatic N) is 2. The van der Waals surface area contributed by atoms with Gasteiger partial charge in [0.1, 0.15) is 6.61 Å². The Morgan fingerprint density at radius 1 is 1.52 bits per heavy atom. The van der Waals surface area contributed by atoms with Gasteiger partial charge in [0.25, 0.3) is 0 Å². The zero-order valence-electron chi connectivity index (χ0n) is 12.4. The highest BCUT2D eigenvalue weighted by atomic mass is 16.6. The molecule has 1 aliphatic heterocycles. The maximum Gasteiger partial charge on any atom is 0.307 e. The van der Waals surface area contributed by atoms with Crippen molar-refractivity contribution in [1.82, 2.24) is 4.90 Å². The summed E-state index contributed by atoms with van der Waals surface area (Å²) in [6.45, 7) is 4.78. The van der Waals surface area contributed by atoms with E-state index in [1.165, 1.54) is 0 Å². The van der Waals surface area contributed by atoms with E-state index in [0.29, 0.717) is 13.2 Å². The molecular formula is C16H22N2O3. The SMILES string of the molecule is Cc1ccccc1C=NOCCN1CCC[C@@H](C(=O)O)C1. The fraction of sp³-hybridized carbons (Fsp3) is 0.500. The third-order valence-corrected chi connectivity index (χ3v) is 3.81. The van der Waals surface area contributed by atoms with Crippen molar-refractivity contribution in [2.24, 2.45) is 11.1 Å². The molecule has 2 rings (SSSR count). The van der Waals surface area contributed by atoms with Crippen molar-refractivity contribution in [3.63, 3.8) is 0 Å². The second kappa shape index (κ2) is 7.78. The lowest BCUT2D eigenvalue weighted by atomic mass is 9.98. The van der Waals surface area contributed by atoms with Crippen LogP contribution < -0.4 is 0 Å². The standard InChI is InChI=1S/C16H22N2O3/c1-13-5-2-3-6-14(13)11-17-21-10-9-18-8-4-7-15(12-18)16(19)20/h2-3,5-6,11,15H,4,7-10,12H2,1H3,(H,19,20)/t15-/m1/s1. The van der Waals surface area contributed by atoms with Crippen molar-refractivity contribution in [2.75, 3.05) is 26.2 Å². The highest BCUT2D eigenvalue weighted by Gasteiger charge is 2.24. The molecule has 1 N–H and O–H groups in total. The zero-order valence-corrected chi connectivity index (χ0v) is 12.4. The van der Waals surface area contributed by atoms with Gasteiger partial charge < -0.3 is 9.94 Å². The van der Waals surface area contributed by atoms with Gasteiger partial charge in [-0.3, -0.25) is 9.69 Å². The second-order valence-electron chi connectivity index (χ2n) is 5.40. The fourth-order valence-electron chi connectivity index (χ4n) is 2.51. The Kier molecular flexibility index (Phi) is 5.75. The molecule has 1 heterocycles. The molecule has 0 bridgehead atoms. The molecule has 1 atom stereocenters. The molecule has 0 radical (unpaired) electrons. The van der Waals surface area contributed by atoms with Gasteiger partial charge in [0.05, 0.1) is 12.1 Å². The van der Waals surface area contributed by atoms with Crippen molar-refractivity contribution in [3.05, 3.63) is 35.4 Å². The molecule has 5 heteroatoms. The lowest BCUT2D eigenvalue weighted by Crippen LogP contribution is -2.40. The Morgan fingerprint density at radius 2 is 2.33 bits per heavy atom. The minimum atomic E-state index is -0.696. The van der Waals surface area contributed by atoms with E-state index in [9.17, 15) is 4.79 Å². The first-order chi connectivity index (χ1) is 10.2. The van der Waals surface area contributed by atoms with E-state index in [4.69, 9.17) is 9.94 Å².